The molecule has 0 aliphatic carbocycles. The van der Waals surface area contributed by atoms with Gasteiger partial charge in [-0.15, -0.1) is 0 Å². The molecule has 0 atom stereocenters. The number of rotatable bonds is 4. The summed E-state index contributed by atoms with van der Waals surface area (Å²) >= 11 is 13.0. The van der Waals surface area contributed by atoms with Crippen molar-refractivity contribution in [3.05, 3.63) is 46.4 Å². The van der Waals surface area contributed by atoms with Crippen molar-refractivity contribution in [2.45, 2.75) is 0 Å². The summed E-state index contributed by atoms with van der Waals surface area (Å²) in [6.45, 7) is -0.211. The van der Waals surface area contributed by atoms with Crippen LogP contribution in [0, 0.1) is 0 Å². The molecule has 1 aromatic heterocycles. The lowest BCUT2D eigenvalue weighted by atomic mass is 10.2. The van der Waals surface area contributed by atoms with Crippen molar-refractivity contribution in [1.29, 1.82) is 0 Å². The maximum absolute atomic E-state index is 12.0. The smallest absolute Gasteiger partial charge is 0.262 e. The summed E-state index contributed by atoms with van der Waals surface area (Å²) in [6, 6.07) is 10.4. The van der Waals surface area contributed by atoms with Crippen LogP contribution in [0.5, 0.6) is 5.75 Å². The zero-order chi connectivity index (χ0) is 15.5. The molecule has 0 radical (unpaired) electrons. The van der Waals surface area contributed by atoms with Crippen molar-refractivity contribution in [1.82, 2.24) is 8.75 Å². The lowest BCUT2D eigenvalue weighted by molar-refractivity contribution is -0.118. The molecule has 112 valence electrons. The van der Waals surface area contributed by atoms with Crippen LogP contribution >= 0.6 is 34.9 Å². The maximum atomic E-state index is 12.0. The Morgan fingerprint density at radius 1 is 1.14 bits per heavy atom. The number of hydrogen-bond donors (Lipinski definition) is 1. The average molecular weight is 354 g/mol. The van der Waals surface area contributed by atoms with Gasteiger partial charge in [0.15, 0.2) is 12.4 Å². The third-order valence-electron chi connectivity index (χ3n) is 2.83. The first-order valence-electron chi connectivity index (χ1n) is 6.23. The Balaban J connectivity index is 1.69. The molecule has 0 unspecified atom stereocenters. The second-order valence-electron chi connectivity index (χ2n) is 4.33. The van der Waals surface area contributed by atoms with Crippen molar-refractivity contribution in [3.8, 4) is 5.75 Å². The minimum Gasteiger partial charge on any atom is -0.481 e. The topological polar surface area (TPSA) is 64.1 Å². The van der Waals surface area contributed by atoms with Gasteiger partial charge in [-0.05, 0) is 24.3 Å². The third kappa shape index (κ3) is 3.14. The highest BCUT2D eigenvalue weighted by molar-refractivity contribution is 7.00. The van der Waals surface area contributed by atoms with E-state index in [1.54, 1.807) is 30.3 Å². The Hall–Kier alpha value is -1.89. The van der Waals surface area contributed by atoms with E-state index >= 15 is 0 Å². The maximum Gasteiger partial charge on any atom is 0.262 e. The number of para-hydroxylation sites is 1. The van der Waals surface area contributed by atoms with E-state index < -0.39 is 0 Å². The fourth-order valence-corrected chi connectivity index (χ4v) is 2.91. The minimum absolute atomic E-state index is 0.211. The Morgan fingerprint density at radius 2 is 1.86 bits per heavy atom. The Bertz CT molecular complexity index is 818. The van der Waals surface area contributed by atoms with Gasteiger partial charge < -0.3 is 10.1 Å². The van der Waals surface area contributed by atoms with Gasteiger partial charge in [0.05, 0.1) is 27.5 Å². The molecular formula is C14H9Cl2N3O2S. The summed E-state index contributed by atoms with van der Waals surface area (Å²) < 4.78 is 13.7. The van der Waals surface area contributed by atoms with Crippen LogP contribution in [0.2, 0.25) is 10.0 Å². The van der Waals surface area contributed by atoms with Gasteiger partial charge in [-0.25, -0.2) is 0 Å². The Morgan fingerprint density at radius 3 is 2.64 bits per heavy atom. The zero-order valence-corrected chi connectivity index (χ0v) is 13.4. The van der Waals surface area contributed by atoms with Crippen molar-refractivity contribution in [3.63, 3.8) is 0 Å². The highest BCUT2D eigenvalue weighted by atomic mass is 35.5. The van der Waals surface area contributed by atoms with E-state index in [0.29, 0.717) is 21.2 Å². The number of ether oxygens (including phenoxy) is 1. The minimum atomic E-state index is -0.337. The van der Waals surface area contributed by atoms with Gasteiger partial charge in [-0.3, -0.25) is 4.79 Å². The molecule has 8 heteroatoms. The summed E-state index contributed by atoms with van der Waals surface area (Å²) in [5, 5.41) is 3.44. The molecule has 0 aliphatic rings. The number of amides is 1. The molecule has 0 saturated heterocycles. The van der Waals surface area contributed by atoms with Crippen molar-refractivity contribution in [2.75, 3.05) is 11.9 Å². The van der Waals surface area contributed by atoms with Gasteiger partial charge >= 0.3 is 0 Å². The molecule has 1 heterocycles. The van der Waals surface area contributed by atoms with Crippen LogP contribution in [0.25, 0.3) is 11.0 Å². The average Bonchev–Trinajstić information content (AvgIpc) is 2.96. The van der Waals surface area contributed by atoms with E-state index in [1.165, 1.54) is 0 Å². The molecule has 0 aliphatic heterocycles. The normalized spacial score (nSPS) is 10.6. The number of benzene rings is 2. The molecule has 1 amide bonds. The summed E-state index contributed by atoms with van der Waals surface area (Å²) in [7, 11) is 0. The summed E-state index contributed by atoms with van der Waals surface area (Å²) in [4.78, 5) is 12.0. The first-order chi connectivity index (χ1) is 10.6. The van der Waals surface area contributed by atoms with E-state index in [9.17, 15) is 4.79 Å². The highest BCUT2D eigenvalue weighted by Gasteiger charge is 2.12. The summed E-state index contributed by atoms with van der Waals surface area (Å²) in [5.74, 6) is -0.0500. The molecule has 5 nitrogen and oxygen atoms in total. The largest absolute Gasteiger partial charge is 0.481 e. The molecule has 1 N–H and O–H groups in total. The van der Waals surface area contributed by atoms with Gasteiger partial charge in [-0.2, -0.15) is 8.75 Å². The predicted molar refractivity (Wildman–Crippen MR) is 88.0 cm³/mol. The number of carbonyl (C=O) groups excluding carboxylic acids is 1. The number of anilines is 1. The number of fused-ring (bicyclic) bond motifs is 1. The Kier molecular flexibility index (Phi) is 4.42. The molecule has 3 rings (SSSR count). The molecule has 22 heavy (non-hydrogen) atoms. The molecule has 0 bridgehead atoms. The van der Waals surface area contributed by atoms with E-state index in [1.807, 2.05) is 6.07 Å². The highest BCUT2D eigenvalue weighted by Crippen LogP contribution is 2.32. The van der Waals surface area contributed by atoms with Crippen LogP contribution in [0.3, 0.4) is 0 Å². The number of halogens is 2. The molecule has 2 aromatic carbocycles. The van der Waals surface area contributed by atoms with Crippen LogP contribution in [-0.2, 0) is 4.79 Å². The van der Waals surface area contributed by atoms with Crippen molar-refractivity contribution >= 4 is 57.6 Å². The zero-order valence-electron chi connectivity index (χ0n) is 11.0. The van der Waals surface area contributed by atoms with Crippen molar-refractivity contribution in [2.24, 2.45) is 0 Å². The van der Waals surface area contributed by atoms with Crippen LogP contribution in [0.4, 0.5) is 5.69 Å². The van der Waals surface area contributed by atoms with Crippen LogP contribution in [0.1, 0.15) is 0 Å². The third-order valence-corrected chi connectivity index (χ3v) is 3.96. The number of nitrogens with one attached hydrogen (secondary N) is 1. The monoisotopic (exact) mass is 353 g/mol. The van der Waals surface area contributed by atoms with Crippen LogP contribution in [0.15, 0.2) is 36.4 Å². The number of nitrogens with zero attached hydrogens (tertiary/aromatic N) is 2. The second kappa shape index (κ2) is 6.48. The van der Waals surface area contributed by atoms with Gasteiger partial charge in [0.1, 0.15) is 11.0 Å². The molecular weight excluding hydrogens is 345 g/mol. The Labute approximate surface area is 140 Å². The van der Waals surface area contributed by atoms with Crippen LogP contribution in [-0.4, -0.2) is 21.3 Å². The predicted octanol–water partition coefficient (Wildman–Crippen LogP) is 4.02. The lowest BCUT2D eigenvalue weighted by Gasteiger charge is -2.10. The second-order valence-corrected chi connectivity index (χ2v) is 5.67. The first kappa shape index (κ1) is 15.0. The number of hydrogen-bond acceptors (Lipinski definition) is 5. The molecule has 3 aromatic rings. The van der Waals surface area contributed by atoms with Crippen LogP contribution < -0.4 is 10.1 Å². The fourth-order valence-electron chi connectivity index (χ4n) is 1.85. The molecule has 0 spiro atoms. The van der Waals surface area contributed by atoms with Gasteiger partial charge in [-0.1, -0.05) is 35.3 Å². The van der Waals surface area contributed by atoms with Gasteiger partial charge in [0.25, 0.3) is 5.91 Å². The number of carbonyl (C=O) groups is 1. The van der Waals surface area contributed by atoms with Gasteiger partial charge in [0, 0.05) is 0 Å². The quantitative estimate of drug-likeness (QED) is 0.769. The van der Waals surface area contributed by atoms with Crippen molar-refractivity contribution < 1.29 is 9.53 Å². The van der Waals surface area contributed by atoms with E-state index in [-0.39, 0.29) is 18.3 Å². The standard InChI is InChI=1S/C14H9Cl2N3O2S/c15-8-3-1-4-9(16)14(8)21-7-12(20)17-10-5-2-6-11-13(10)19-22-18-11/h1-6H,7H2,(H,17,20). The van der Waals surface area contributed by atoms with E-state index in [0.717, 1.165) is 17.2 Å². The number of aromatic nitrogens is 2. The summed E-state index contributed by atoms with van der Waals surface area (Å²) in [6.07, 6.45) is 0. The SMILES string of the molecule is O=C(COc1c(Cl)cccc1Cl)Nc1cccc2nsnc12. The van der Waals surface area contributed by atoms with E-state index in [2.05, 4.69) is 14.1 Å². The molecule has 0 saturated carbocycles. The molecule has 0 fully saturated rings. The fraction of sp³-hybridized carbons (Fsp3) is 0.0714. The van der Waals surface area contributed by atoms with E-state index in [4.69, 9.17) is 27.9 Å². The lowest BCUT2D eigenvalue weighted by Crippen LogP contribution is -2.20. The van der Waals surface area contributed by atoms with Gasteiger partial charge in [0.2, 0.25) is 0 Å². The first-order valence-corrected chi connectivity index (χ1v) is 7.72. The summed E-state index contributed by atoms with van der Waals surface area (Å²) in [5.41, 5.74) is 1.97.